The van der Waals surface area contributed by atoms with Crippen LogP contribution in [0.5, 0.6) is 5.75 Å². The highest BCUT2D eigenvalue weighted by atomic mass is 16.4. The first kappa shape index (κ1) is 19.5. The molecule has 0 aromatic heterocycles. The molecule has 1 amide bonds. The molecule has 0 saturated carbocycles. The van der Waals surface area contributed by atoms with Crippen molar-refractivity contribution in [1.82, 2.24) is 10.2 Å². The number of hydrogen-bond donors (Lipinski definition) is 3. The van der Waals surface area contributed by atoms with E-state index in [-0.39, 0.29) is 40.2 Å². The lowest BCUT2D eigenvalue weighted by Gasteiger charge is -2.55. The van der Waals surface area contributed by atoms with Crippen LogP contribution in [0, 0.1) is 5.92 Å². The van der Waals surface area contributed by atoms with Crippen LogP contribution < -0.4 is 5.32 Å². The van der Waals surface area contributed by atoms with Crippen LogP contribution in [0.3, 0.4) is 0 Å². The lowest BCUT2D eigenvalue weighted by atomic mass is 9.58. The molecule has 29 heavy (non-hydrogen) atoms. The van der Waals surface area contributed by atoms with Gasteiger partial charge in [0.05, 0.1) is 11.1 Å². The van der Waals surface area contributed by atoms with Gasteiger partial charge in [0.2, 0.25) is 0 Å². The Balaban J connectivity index is 1.62. The van der Waals surface area contributed by atoms with Gasteiger partial charge in [-0.2, -0.15) is 0 Å². The SMILES string of the molecule is CN1CC[C@]2(C)c3cc(O)ccc3C[C@@H]1[C@@H]2CNC(=O)c1ccccc1C(=O)O. The number of rotatable bonds is 4. The third kappa shape index (κ3) is 3.27. The summed E-state index contributed by atoms with van der Waals surface area (Å²) in [5.41, 5.74) is 2.43. The lowest BCUT2D eigenvalue weighted by molar-refractivity contribution is 0.0390. The number of benzene rings is 2. The molecule has 1 fully saturated rings. The summed E-state index contributed by atoms with van der Waals surface area (Å²) in [5, 5.41) is 22.4. The summed E-state index contributed by atoms with van der Waals surface area (Å²) in [6.45, 7) is 3.63. The first-order valence-electron chi connectivity index (χ1n) is 9.94. The molecule has 152 valence electrons. The maximum Gasteiger partial charge on any atom is 0.336 e. The topological polar surface area (TPSA) is 89.9 Å². The summed E-state index contributed by atoms with van der Waals surface area (Å²) in [6.07, 6.45) is 1.80. The predicted octanol–water partition coefficient (Wildman–Crippen LogP) is 2.65. The van der Waals surface area contributed by atoms with Gasteiger partial charge in [-0.3, -0.25) is 4.79 Å². The fourth-order valence-electron chi connectivity index (χ4n) is 5.15. The molecular weight excluding hydrogens is 368 g/mol. The third-order valence-corrected chi connectivity index (χ3v) is 6.86. The average Bonchev–Trinajstić information content (AvgIpc) is 2.70. The van der Waals surface area contributed by atoms with Crippen LogP contribution in [-0.4, -0.2) is 53.2 Å². The number of nitrogens with one attached hydrogen (secondary N) is 1. The monoisotopic (exact) mass is 394 g/mol. The lowest BCUT2D eigenvalue weighted by Crippen LogP contribution is -2.60. The molecule has 2 bridgehead atoms. The summed E-state index contributed by atoms with van der Waals surface area (Å²) < 4.78 is 0. The van der Waals surface area contributed by atoms with Gasteiger partial charge in [-0.15, -0.1) is 0 Å². The second-order valence-electron chi connectivity index (χ2n) is 8.43. The van der Waals surface area contributed by atoms with E-state index < -0.39 is 5.97 Å². The first-order valence-corrected chi connectivity index (χ1v) is 9.94. The smallest absolute Gasteiger partial charge is 0.336 e. The molecule has 0 unspecified atom stereocenters. The minimum Gasteiger partial charge on any atom is -0.508 e. The molecule has 2 aliphatic rings. The number of carboxylic acids is 1. The van der Waals surface area contributed by atoms with Gasteiger partial charge in [-0.05, 0) is 61.8 Å². The molecule has 6 heteroatoms. The minimum absolute atomic E-state index is 0.00689. The highest BCUT2D eigenvalue weighted by Gasteiger charge is 2.49. The molecule has 3 N–H and O–H groups in total. The Hall–Kier alpha value is -2.86. The Kier molecular flexibility index (Phi) is 4.82. The summed E-state index contributed by atoms with van der Waals surface area (Å²) in [6, 6.07) is 12.2. The number of carboxylic acid groups (broad SMARTS) is 1. The summed E-state index contributed by atoms with van der Waals surface area (Å²) in [7, 11) is 2.12. The van der Waals surface area contributed by atoms with Crippen LogP contribution in [0.4, 0.5) is 0 Å². The first-order chi connectivity index (χ1) is 13.8. The van der Waals surface area contributed by atoms with Crippen molar-refractivity contribution in [3.8, 4) is 5.75 Å². The van der Waals surface area contributed by atoms with Crippen molar-refractivity contribution in [3.05, 3.63) is 64.7 Å². The number of likely N-dealkylation sites (N-methyl/N-ethyl adjacent to an activating group) is 1. The predicted molar refractivity (Wildman–Crippen MR) is 109 cm³/mol. The highest BCUT2D eigenvalue weighted by molar-refractivity contribution is 6.04. The third-order valence-electron chi connectivity index (χ3n) is 6.86. The number of amides is 1. The standard InChI is InChI=1S/C23H26N2O4/c1-23-9-10-25(2)20(11-14-7-8-15(26)12-18(14)23)19(23)13-24-21(27)16-5-3-4-6-17(16)22(28)29/h3-8,12,19-20,26H,9-11,13H2,1-2H3,(H,24,27)(H,28,29)/t19-,20+,23+/m0/s1. The van der Waals surface area contributed by atoms with E-state index in [1.54, 1.807) is 24.3 Å². The Labute approximate surface area is 170 Å². The molecule has 6 nitrogen and oxygen atoms in total. The fraction of sp³-hybridized carbons (Fsp3) is 0.391. The van der Waals surface area contributed by atoms with E-state index in [1.807, 2.05) is 12.1 Å². The van der Waals surface area contributed by atoms with Crippen LogP contribution in [0.25, 0.3) is 0 Å². The molecule has 1 saturated heterocycles. The molecule has 2 aromatic rings. The number of phenols is 1. The van der Waals surface area contributed by atoms with Crippen molar-refractivity contribution < 1.29 is 19.8 Å². The number of piperidine rings is 1. The minimum atomic E-state index is -1.11. The fourth-order valence-corrected chi connectivity index (χ4v) is 5.15. The number of aromatic carboxylic acids is 1. The van der Waals surface area contributed by atoms with Crippen LogP contribution >= 0.6 is 0 Å². The number of hydrogen-bond acceptors (Lipinski definition) is 4. The zero-order valence-corrected chi connectivity index (χ0v) is 16.7. The molecule has 0 spiro atoms. The number of carbonyl (C=O) groups is 2. The van der Waals surface area contributed by atoms with E-state index >= 15 is 0 Å². The molecule has 2 aromatic carbocycles. The largest absolute Gasteiger partial charge is 0.508 e. The second-order valence-corrected chi connectivity index (χ2v) is 8.43. The van der Waals surface area contributed by atoms with Gasteiger partial charge in [-0.25, -0.2) is 4.79 Å². The number of aromatic hydroxyl groups is 1. The molecule has 1 aliphatic carbocycles. The van der Waals surface area contributed by atoms with Crippen LogP contribution in [0.15, 0.2) is 42.5 Å². The Morgan fingerprint density at radius 1 is 1.21 bits per heavy atom. The molecule has 1 aliphatic heterocycles. The summed E-state index contributed by atoms with van der Waals surface area (Å²) in [4.78, 5) is 26.6. The number of likely N-dealkylation sites (tertiary alicyclic amines) is 1. The maximum atomic E-state index is 12.8. The van der Waals surface area contributed by atoms with Crippen molar-refractivity contribution in [2.75, 3.05) is 20.1 Å². The van der Waals surface area contributed by atoms with Crippen molar-refractivity contribution in [1.29, 1.82) is 0 Å². The molecule has 0 radical (unpaired) electrons. The van der Waals surface area contributed by atoms with Gasteiger partial charge < -0.3 is 20.4 Å². The van der Waals surface area contributed by atoms with Gasteiger partial charge in [0.15, 0.2) is 0 Å². The van der Waals surface area contributed by atoms with E-state index in [9.17, 15) is 19.8 Å². The molecular formula is C23H26N2O4. The maximum absolute atomic E-state index is 12.8. The van der Waals surface area contributed by atoms with Crippen molar-refractivity contribution in [2.24, 2.45) is 5.92 Å². The van der Waals surface area contributed by atoms with E-state index in [4.69, 9.17) is 0 Å². The number of phenolic OH excluding ortho intramolecular Hbond substituents is 1. The van der Waals surface area contributed by atoms with Crippen LogP contribution in [0.1, 0.15) is 45.2 Å². The van der Waals surface area contributed by atoms with Gasteiger partial charge in [-0.1, -0.05) is 25.1 Å². The molecule has 3 atom stereocenters. The van der Waals surface area contributed by atoms with E-state index in [0.29, 0.717) is 6.54 Å². The quantitative estimate of drug-likeness (QED) is 0.742. The zero-order chi connectivity index (χ0) is 20.8. The average molecular weight is 394 g/mol. The second kappa shape index (κ2) is 7.19. The van der Waals surface area contributed by atoms with Crippen molar-refractivity contribution in [3.63, 3.8) is 0 Å². The highest BCUT2D eigenvalue weighted by Crippen LogP contribution is 2.48. The number of nitrogens with zero attached hydrogens (tertiary/aromatic N) is 1. The Morgan fingerprint density at radius 3 is 2.66 bits per heavy atom. The molecule has 4 rings (SSSR count). The van der Waals surface area contributed by atoms with Gasteiger partial charge >= 0.3 is 5.97 Å². The van der Waals surface area contributed by atoms with Gasteiger partial charge in [0, 0.05) is 23.9 Å². The van der Waals surface area contributed by atoms with Gasteiger partial charge in [0.25, 0.3) is 5.91 Å². The zero-order valence-electron chi connectivity index (χ0n) is 16.7. The van der Waals surface area contributed by atoms with Crippen LogP contribution in [-0.2, 0) is 11.8 Å². The molecule has 1 heterocycles. The summed E-state index contributed by atoms with van der Waals surface area (Å²) in [5.74, 6) is -1.05. The summed E-state index contributed by atoms with van der Waals surface area (Å²) >= 11 is 0. The van der Waals surface area contributed by atoms with Gasteiger partial charge in [0.1, 0.15) is 5.75 Å². The van der Waals surface area contributed by atoms with Crippen molar-refractivity contribution >= 4 is 11.9 Å². The number of carbonyl (C=O) groups excluding carboxylic acids is 1. The normalized spacial score (nSPS) is 25.9. The Morgan fingerprint density at radius 2 is 1.93 bits per heavy atom. The van der Waals surface area contributed by atoms with Crippen molar-refractivity contribution in [2.45, 2.75) is 31.2 Å². The van der Waals surface area contributed by atoms with E-state index in [1.165, 1.54) is 11.6 Å². The Bertz CT molecular complexity index is 973. The van der Waals surface area contributed by atoms with Crippen LogP contribution in [0.2, 0.25) is 0 Å². The van der Waals surface area contributed by atoms with E-state index in [0.717, 1.165) is 24.9 Å². The van der Waals surface area contributed by atoms with E-state index in [2.05, 4.69) is 24.2 Å². The number of fused-ring (bicyclic) bond motifs is 4.